The maximum Gasteiger partial charge on any atom is 0.0252 e. The van der Waals surface area contributed by atoms with E-state index < -0.39 is 0 Å². The van der Waals surface area contributed by atoms with Crippen LogP contribution >= 0.6 is 0 Å². The minimum atomic E-state index is 0.281. The number of hydrogen-bond donors (Lipinski definition) is 1. The molecule has 0 amide bonds. The molecule has 0 fully saturated rings. The molecule has 1 aliphatic rings. The molecule has 0 spiro atoms. The van der Waals surface area contributed by atoms with Crippen LogP contribution in [-0.2, 0) is 0 Å². The summed E-state index contributed by atoms with van der Waals surface area (Å²) in [7, 11) is 0. The molecule has 1 aliphatic carbocycles. The fourth-order valence-corrected chi connectivity index (χ4v) is 2.50. The molecule has 2 N–H and O–H groups in total. The first-order valence-electron chi connectivity index (χ1n) is 5.98. The zero-order chi connectivity index (χ0) is 11.1. The molecule has 1 atom stereocenters. The highest BCUT2D eigenvalue weighted by Gasteiger charge is 2.43. The van der Waals surface area contributed by atoms with Crippen molar-refractivity contribution in [1.29, 1.82) is 0 Å². The Balaban J connectivity index is 2.16. The summed E-state index contributed by atoms with van der Waals surface area (Å²) in [4.78, 5) is 0. The van der Waals surface area contributed by atoms with Crippen molar-refractivity contribution in [2.24, 2.45) is 11.1 Å². The van der Waals surface area contributed by atoms with E-state index in [1.165, 1.54) is 11.1 Å². The molecule has 82 valence electrons. The van der Waals surface area contributed by atoms with Crippen molar-refractivity contribution in [1.82, 2.24) is 0 Å². The van der Waals surface area contributed by atoms with Crippen LogP contribution in [0.25, 0.3) is 0 Å². The second-order valence-corrected chi connectivity index (χ2v) is 4.99. The highest BCUT2D eigenvalue weighted by Crippen LogP contribution is 2.50. The lowest BCUT2D eigenvalue weighted by Gasteiger charge is -2.34. The van der Waals surface area contributed by atoms with Crippen molar-refractivity contribution < 1.29 is 0 Å². The van der Waals surface area contributed by atoms with Crippen LogP contribution in [-0.4, -0.2) is 6.04 Å². The van der Waals surface area contributed by atoms with Crippen LogP contribution in [0, 0.1) is 5.41 Å². The van der Waals surface area contributed by atoms with Gasteiger partial charge in [0.1, 0.15) is 0 Å². The Kier molecular flexibility index (Phi) is 2.59. The van der Waals surface area contributed by atoms with Crippen LogP contribution in [0.4, 0.5) is 0 Å². The van der Waals surface area contributed by atoms with Gasteiger partial charge in [0.2, 0.25) is 0 Å². The second-order valence-electron chi connectivity index (χ2n) is 4.99. The van der Waals surface area contributed by atoms with Crippen molar-refractivity contribution in [3.63, 3.8) is 0 Å². The molecule has 0 heterocycles. The van der Waals surface area contributed by atoms with E-state index in [0.717, 1.165) is 12.8 Å². The summed E-state index contributed by atoms with van der Waals surface area (Å²) in [6.07, 6.45) is 2.32. The van der Waals surface area contributed by atoms with Gasteiger partial charge in [-0.25, -0.2) is 0 Å². The summed E-state index contributed by atoms with van der Waals surface area (Å²) in [5.41, 5.74) is 9.65. The van der Waals surface area contributed by atoms with Gasteiger partial charge in [0.25, 0.3) is 0 Å². The van der Waals surface area contributed by atoms with Crippen LogP contribution in [0.15, 0.2) is 24.3 Å². The Morgan fingerprint density at radius 1 is 1.20 bits per heavy atom. The summed E-state index contributed by atoms with van der Waals surface area (Å²) in [5, 5.41) is 0. The van der Waals surface area contributed by atoms with E-state index in [0.29, 0.717) is 5.92 Å². The molecule has 1 nitrogen and oxygen atoms in total. The summed E-state index contributed by atoms with van der Waals surface area (Å²) < 4.78 is 0. The summed E-state index contributed by atoms with van der Waals surface area (Å²) in [5.74, 6) is 0.532. The molecule has 1 heteroatoms. The van der Waals surface area contributed by atoms with E-state index in [1.54, 1.807) is 0 Å². The lowest BCUT2D eigenvalue weighted by atomic mass is 9.75. The predicted molar refractivity (Wildman–Crippen MR) is 64.9 cm³/mol. The topological polar surface area (TPSA) is 26.0 Å². The van der Waals surface area contributed by atoms with E-state index in [9.17, 15) is 0 Å². The zero-order valence-corrected chi connectivity index (χ0v) is 9.96. The quantitative estimate of drug-likeness (QED) is 0.798. The molecule has 1 unspecified atom stereocenters. The van der Waals surface area contributed by atoms with E-state index in [4.69, 9.17) is 5.73 Å². The Morgan fingerprint density at radius 2 is 1.67 bits per heavy atom. The lowest BCUT2D eigenvalue weighted by molar-refractivity contribution is 0.227. The number of fused-ring (bicyclic) bond motifs is 1. The van der Waals surface area contributed by atoms with Crippen molar-refractivity contribution in [3.8, 4) is 0 Å². The van der Waals surface area contributed by atoms with Gasteiger partial charge in [-0.2, -0.15) is 0 Å². The maximum atomic E-state index is 6.43. The van der Waals surface area contributed by atoms with E-state index in [1.807, 2.05) is 0 Å². The number of nitrogens with two attached hydrogens (primary N) is 1. The van der Waals surface area contributed by atoms with Crippen LogP contribution < -0.4 is 5.73 Å². The standard InChI is InChI=1S/C14H21N/c1-4-14(3,5-2)13(15)12-10-8-6-7-9-11(10)12/h6-9,12-13H,4-5,15H2,1-3H3. The summed E-state index contributed by atoms with van der Waals surface area (Å²) in [6.45, 7) is 6.81. The van der Waals surface area contributed by atoms with Gasteiger partial charge in [0.05, 0.1) is 0 Å². The monoisotopic (exact) mass is 203 g/mol. The third-order valence-corrected chi connectivity index (χ3v) is 4.36. The van der Waals surface area contributed by atoms with Crippen molar-refractivity contribution in [3.05, 3.63) is 35.4 Å². The second kappa shape index (κ2) is 3.64. The van der Waals surface area contributed by atoms with Gasteiger partial charge in [-0.1, -0.05) is 45.0 Å². The minimum absolute atomic E-state index is 0.281. The predicted octanol–water partition coefficient (Wildman–Crippen LogP) is 3.29. The minimum Gasteiger partial charge on any atom is -0.326 e. The van der Waals surface area contributed by atoms with E-state index in [2.05, 4.69) is 45.0 Å². The van der Waals surface area contributed by atoms with Crippen LogP contribution in [0.5, 0.6) is 0 Å². The summed E-state index contributed by atoms with van der Waals surface area (Å²) >= 11 is 0. The molecular weight excluding hydrogens is 182 g/mol. The van der Waals surface area contributed by atoms with Gasteiger partial charge < -0.3 is 5.73 Å². The molecule has 0 aromatic heterocycles. The van der Waals surface area contributed by atoms with Crippen LogP contribution in [0.3, 0.4) is 0 Å². The third kappa shape index (κ3) is 1.59. The molecule has 1 aromatic rings. The molecule has 0 radical (unpaired) electrons. The SMILES string of the molecule is CCC(C)(CC)C(N)C1c2ccccc21. The molecule has 2 rings (SSSR count). The molecule has 1 aromatic carbocycles. The summed E-state index contributed by atoms with van der Waals surface area (Å²) in [6, 6.07) is 8.93. The first-order valence-corrected chi connectivity index (χ1v) is 5.98. The normalized spacial score (nSPS) is 17.3. The van der Waals surface area contributed by atoms with Gasteiger partial charge in [-0.05, 0) is 29.4 Å². The van der Waals surface area contributed by atoms with Gasteiger partial charge in [-0.3, -0.25) is 0 Å². The highest BCUT2D eigenvalue weighted by atomic mass is 14.7. The Hall–Kier alpha value is -0.820. The highest BCUT2D eigenvalue weighted by molar-refractivity contribution is 5.54. The number of hydrogen-bond acceptors (Lipinski definition) is 1. The molecule has 0 aliphatic heterocycles. The van der Waals surface area contributed by atoms with Crippen LogP contribution in [0.2, 0.25) is 0 Å². The Labute approximate surface area is 92.7 Å². The number of rotatable bonds is 4. The largest absolute Gasteiger partial charge is 0.326 e. The Morgan fingerprint density at radius 3 is 2.07 bits per heavy atom. The average Bonchev–Trinajstić information content (AvgIpc) is 3.01. The maximum absolute atomic E-state index is 6.43. The van der Waals surface area contributed by atoms with Crippen molar-refractivity contribution >= 4 is 0 Å². The smallest absolute Gasteiger partial charge is 0.0252 e. The van der Waals surface area contributed by atoms with Gasteiger partial charge in [-0.15, -0.1) is 0 Å². The fourth-order valence-electron chi connectivity index (χ4n) is 2.50. The molecule has 15 heavy (non-hydrogen) atoms. The average molecular weight is 203 g/mol. The van der Waals surface area contributed by atoms with Crippen LogP contribution in [0.1, 0.15) is 50.7 Å². The number of benzene rings is 1. The first-order chi connectivity index (χ1) is 7.14. The van der Waals surface area contributed by atoms with Gasteiger partial charge in [0.15, 0.2) is 0 Å². The van der Waals surface area contributed by atoms with Crippen molar-refractivity contribution in [2.75, 3.05) is 0 Å². The molecule has 0 saturated heterocycles. The molecular formula is C14H21N. The first kappa shape index (κ1) is 10.7. The zero-order valence-electron chi connectivity index (χ0n) is 9.96. The van der Waals surface area contributed by atoms with E-state index in [-0.39, 0.29) is 11.5 Å². The molecule has 0 bridgehead atoms. The fraction of sp³-hybridized carbons (Fsp3) is 0.571. The molecule has 0 saturated carbocycles. The Bertz CT molecular complexity index is 329. The third-order valence-electron chi connectivity index (χ3n) is 4.36. The van der Waals surface area contributed by atoms with Gasteiger partial charge in [0, 0.05) is 12.0 Å². The van der Waals surface area contributed by atoms with Gasteiger partial charge >= 0.3 is 0 Å². The van der Waals surface area contributed by atoms with Crippen molar-refractivity contribution in [2.45, 2.75) is 45.6 Å². The lowest BCUT2D eigenvalue weighted by Crippen LogP contribution is -2.40. The van der Waals surface area contributed by atoms with E-state index >= 15 is 0 Å².